The summed E-state index contributed by atoms with van der Waals surface area (Å²) in [5.74, 6) is 0. The SMILES string of the molecule is CC1(C)OC2(CCCC2)c2ccc(-c3cccc(N(c4ccccc4)c4cccc(N(c5ccccc5)c5cccc(-c6ccc7c(c6)C(C)(C)OC76CCCC6)c5)c4)c3)cc21. The summed E-state index contributed by atoms with van der Waals surface area (Å²) < 4.78 is 13.8. The molecule has 0 N–H and O–H groups in total. The summed E-state index contributed by atoms with van der Waals surface area (Å²) >= 11 is 0. The van der Waals surface area contributed by atoms with Gasteiger partial charge in [0.05, 0.1) is 22.4 Å². The maximum absolute atomic E-state index is 6.88. The van der Waals surface area contributed by atoms with Crippen molar-refractivity contribution in [3.63, 3.8) is 0 Å². The minimum absolute atomic E-state index is 0.129. The van der Waals surface area contributed by atoms with Crippen LogP contribution in [0.1, 0.15) is 101 Å². The third-order valence-corrected chi connectivity index (χ3v) is 14.3. The van der Waals surface area contributed by atoms with Gasteiger partial charge < -0.3 is 19.3 Å². The van der Waals surface area contributed by atoms with Crippen molar-refractivity contribution in [1.29, 1.82) is 0 Å². The van der Waals surface area contributed by atoms with Crippen molar-refractivity contribution in [3.05, 3.63) is 192 Å². The summed E-state index contributed by atoms with van der Waals surface area (Å²) in [5.41, 5.74) is 15.9. The van der Waals surface area contributed by atoms with Gasteiger partial charge in [0.25, 0.3) is 0 Å². The van der Waals surface area contributed by atoms with Crippen LogP contribution in [-0.2, 0) is 31.9 Å². The topological polar surface area (TPSA) is 24.9 Å². The number of benzene rings is 7. The smallest absolute Gasteiger partial charge is 0.0946 e. The van der Waals surface area contributed by atoms with Crippen LogP contribution in [-0.4, -0.2) is 0 Å². The van der Waals surface area contributed by atoms with Crippen LogP contribution in [0.2, 0.25) is 0 Å². The van der Waals surface area contributed by atoms with E-state index in [0.717, 1.165) is 59.8 Å². The highest BCUT2D eigenvalue weighted by Crippen LogP contribution is 2.57. The Balaban J connectivity index is 0.981. The van der Waals surface area contributed by atoms with E-state index in [-0.39, 0.29) is 22.4 Å². The molecular formula is C58H56N2O2. The zero-order chi connectivity index (χ0) is 42.1. The molecule has 62 heavy (non-hydrogen) atoms. The van der Waals surface area contributed by atoms with Gasteiger partial charge >= 0.3 is 0 Å². The zero-order valence-electron chi connectivity index (χ0n) is 36.5. The summed E-state index contributed by atoms with van der Waals surface area (Å²) in [6, 6.07) is 62.6. The molecule has 0 radical (unpaired) electrons. The van der Waals surface area contributed by atoms with Crippen molar-refractivity contribution < 1.29 is 9.47 Å². The number of para-hydroxylation sites is 2. The van der Waals surface area contributed by atoms with Gasteiger partial charge in [-0.1, -0.05) is 117 Å². The van der Waals surface area contributed by atoms with Crippen LogP contribution in [0.4, 0.5) is 34.1 Å². The Morgan fingerprint density at radius 1 is 0.323 bits per heavy atom. The van der Waals surface area contributed by atoms with Gasteiger partial charge in [-0.2, -0.15) is 0 Å². The first-order valence-corrected chi connectivity index (χ1v) is 22.8. The lowest BCUT2D eigenvalue weighted by Gasteiger charge is -2.30. The monoisotopic (exact) mass is 812 g/mol. The molecule has 0 bridgehead atoms. The number of hydrogen-bond donors (Lipinski definition) is 0. The fraction of sp³-hybridized carbons (Fsp3) is 0.276. The average Bonchev–Trinajstić information content (AvgIpc) is 4.06. The number of nitrogens with zero attached hydrogens (tertiary/aromatic N) is 2. The van der Waals surface area contributed by atoms with Crippen molar-refractivity contribution in [1.82, 2.24) is 0 Å². The van der Waals surface area contributed by atoms with Crippen LogP contribution in [0, 0.1) is 0 Å². The van der Waals surface area contributed by atoms with Gasteiger partial charge in [-0.25, -0.2) is 0 Å². The number of anilines is 6. The Morgan fingerprint density at radius 3 is 1.06 bits per heavy atom. The highest BCUT2D eigenvalue weighted by Gasteiger charge is 2.51. The molecule has 0 amide bonds. The molecule has 7 aromatic rings. The summed E-state index contributed by atoms with van der Waals surface area (Å²) in [7, 11) is 0. The van der Waals surface area contributed by atoms with Crippen LogP contribution < -0.4 is 9.80 Å². The Morgan fingerprint density at radius 2 is 0.661 bits per heavy atom. The highest BCUT2D eigenvalue weighted by atomic mass is 16.5. The zero-order valence-corrected chi connectivity index (χ0v) is 36.5. The van der Waals surface area contributed by atoms with E-state index in [1.807, 2.05) is 0 Å². The number of hydrogen-bond acceptors (Lipinski definition) is 4. The van der Waals surface area contributed by atoms with Crippen LogP contribution >= 0.6 is 0 Å². The van der Waals surface area contributed by atoms with Gasteiger partial charge in [-0.3, -0.25) is 0 Å². The van der Waals surface area contributed by atoms with Gasteiger partial charge in [-0.15, -0.1) is 0 Å². The minimum atomic E-state index is -0.320. The van der Waals surface area contributed by atoms with E-state index < -0.39 is 0 Å². The molecule has 7 aromatic carbocycles. The molecule has 4 nitrogen and oxygen atoms in total. The maximum atomic E-state index is 6.88. The Labute approximate surface area is 367 Å². The Hall–Kier alpha value is -5.94. The van der Waals surface area contributed by atoms with Crippen molar-refractivity contribution in [2.45, 2.75) is 101 Å². The van der Waals surface area contributed by atoms with Crippen LogP contribution in [0.5, 0.6) is 0 Å². The summed E-state index contributed by atoms with van der Waals surface area (Å²) in [6.45, 7) is 8.97. The quantitative estimate of drug-likeness (QED) is 0.153. The fourth-order valence-corrected chi connectivity index (χ4v) is 11.5. The molecule has 2 fully saturated rings. The van der Waals surface area contributed by atoms with Crippen LogP contribution in [0.25, 0.3) is 22.3 Å². The number of fused-ring (bicyclic) bond motifs is 4. The van der Waals surface area contributed by atoms with Crippen molar-refractivity contribution >= 4 is 34.1 Å². The third-order valence-electron chi connectivity index (χ3n) is 14.3. The van der Waals surface area contributed by atoms with Gasteiger partial charge in [0, 0.05) is 34.1 Å². The lowest BCUT2D eigenvalue weighted by atomic mass is 9.85. The molecule has 11 rings (SSSR count). The second-order valence-corrected chi connectivity index (χ2v) is 19.1. The van der Waals surface area contributed by atoms with Crippen LogP contribution in [0.3, 0.4) is 0 Å². The van der Waals surface area contributed by atoms with Gasteiger partial charge in [0.2, 0.25) is 0 Å². The highest BCUT2D eigenvalue weighted by molar-refractivity contribution is 5.85. The first-order valence-electron chi connectivity index (χ1n) is 22.8. The molecular weight excluding hydrogens is 757 g/mol. The number of rotatable bonds is 8. The van der Waals surface area contributed by atoms with E-state index in [0.29, 0.717) is 0 Å². The normalized spacial score (nSPS) is 18.5. The summed E-state index contributed by atoms with van der Waals surface area (Å²) in [4.78, 5) is 4.76. The Kier molecular flexibility index (Phi) is 9.33. The van der Waals surface area contributed by atoms with Crippen molar-refractivity contribution in [2.75, 3.05) is 9.80 Å². The van der Waals surface area contributed by atoms with E-state index in [4.69, 9.17) is 9.47 Å². The molecule has 310 valence electrons. The van der Waals surface area contributed by atoms with E-state index in [1.54, 1.807) is 0 Å². The first kappa shape index (κ1) is 38.9. The molecule has 0 atom stereocenters. The van der Waals surface area contributed by atoms with Crippen molar-refractivity contribution in [3.8, 4) is 22.3 Å². The average molecular weight is 813 g/mol. The number of ether oxygens (including phenoxy) is 2. The third kappa shape index (κ3) is 6.58. The molecule has 2 saturated carbocycles. The van der Waals surface area contributed by atoms with E-state index in [9.17, 15) is 0 Å². The van der Waals surface area contributed by atoms with Gasteiger partial charge in [-0.05, 0) is 177 Å². The molecule has 2 spiro atoms. The second kappa shape index (κ2) is 14.9. The van der Waals surface area contributed by atoms with E-state index in [1.165, 1.54) is 70.2 Å². The molecule has 0 aromatic heterocycles. The first-order chi connectivity index (χ1) is 30.1. The standard InChI is InChI=1S/C58H56N2O2/c1-55(2)53-38-43(28-30-51(53)57(61-55)32-11-12-33-57)41-18-15-24-47(36-41)59(45-20-7-5-8-21-45)49-26-17-27-50(40-49)60(46-22-9-6-10-23-46)48-25-16-19-42(37-48)44-29-31-52-54(39-44)56(3,4)62-58(52)34-13-14-35-58/h5-10,15-31,36-40H,11-14,32-35H2,1-4H3. The summed E-state index contributed by atoms with van der Waals surface area (Å²) in [5, 5.41) is 0. The van der Waals surface area contributed by atoms with E-state index >= 15 is 0 Å². The lowest BCUT2D eigenvalue weighted by Crippen LogP contribution is -2.25. The predicted octanol–water partition coefficient (Wildman–Crippen LogP) is 16.0. The second-order valence-electron chi connectivity index (χ2n) is 19.1. The largest absolute Gasteiger partial charge is 0.360 e. The fourth-order valence-electron chi connectivity index (χ4n) is 11.5. The van der Waals surface area contributed by atoms with Gasteiger partial charge in [0.1, 0.15) is 0 Å². The maximum Gasteiger partial charge on any atom is 0.0946 e. The minimum Gasteiger partial charge on any atom is -0.360 e. The predicted molar refractivity (Wildman–Crippen MR) is 255 cm³/mol. The Bertz CT molecular complexity index is 2590. The van der Waals surface area contributed by atoms with Crippen molar-refractivity contribution in [2.24, 2.45) is 0 Å². The molecule has 2 heterocycles. The molecule has 2 aliphatic carbocycles. The summed E-state index contributed by atoms with van der Waals surface area (Å²) in [6.07, 6.45) is 9.37. The van der Waals surface area contributed by atoms with Gasteiger partial charge in [0.15, 0.2) is 0 Å². The molecule has 4 heteroatoms. The molecule has 2 aliphatic heterocycles. The lowest BCUT2D eigenvalue weighted by molar-refractivity contribution is -0.122. The van der Waals surface area contributed by atoms with Crippen LogP contribution in [0.15, 0.2) is 170 Å². The molecule has 0 unspecified atom stereocenters. The van der Waals surface area contributed by atoms with E-state index in [2.05, 4.69) is 207 Å². The molecule has 4 aliphatic rings. The molecule has 0 saturated heterocycles.